The highest BCUT2D eigenvalue weighted by Gasteiger charge is 2.12. The van der Waals surface area contributed by atoms with E-state index < -0.39 is 0 Å². The Kier molecular flexibility index (Phi) is 4.57. The fourth-order valence-corrected chi connectivity index (χ4v) is 2.33. The lowest BCUT2D eigenvalue weighted by molar-refractivity contribution is -0.125. The Bertz CT molecular complexity index is 428. The number of carbonyl (C=O) groups is 1. The smallest absolute Gasteiger partial charge is 0.246 e. The molecule has 0 radical (unpaired) electrons. The molecule has 1 aliphatic heterocycles. The van der Waals surface area contributed by atoms with E-state index in [4.69, 9.17) is 0 Å². The molecule has 0 saturated carbocycles. The number of amides is 1. The van der Waals surface area contributed by atoms with E-state index in [2.05, 4.69) is 13.0 Å². The Hall–Kier alpha value is -1.57. The van der Waals surface area contributed by atoms with Crippen molar-refractivity contribution in [1.29, 1.82) is 0 Å². The maximum absolute atomic E-state index is 12.1. The molecule has 1 aliphatic rings. The van der Waals surface area contributed by atoms with Crippen LogP contribution in [0.5, 0.6) is 0 Å². The van der Waals surface area contributed by atoms with Gasteiger partial charge in [-0.2, -0.15) is 0 Å². The van der Waals surface area contributed by atoms with Crippen LogP contribution >= 0.6 is 0 Å². The average molecular weight is 243 g/mol. The molecule has 1 aromatic carbocycles. The van der Waals surface area contributed by atoms with Crippen LogP contribution in [-0.4, -0.2) is 23.9 Å². The second-order valence-electron chi connectivity index (χ2n) is 4.93. The Morgan fingerprint density at radius 2 is 1.78 bits per heavy atom. The second-order valence-corrected chi connectivity index (χ2v) is 4.93. The van der Waals surface area contributed by atoms with Gasteiger partial charge in [-0.15, -0.1) is 0 Å². The van der Waals surface area contributed by atoms with Crippen LogP contribution in [0.4, 0.5) is 0 Å². The molecule has 1 heterocycles. The highest BCUT2D eigenvalue weighted by Crippen LogP contribution is 2.12. The molecule has 1 amide bonds. The van der Waals surface area contributed by atoms with Crippen molar-refractivity contribution in [2.75, 3.05) is 13.1 Å². The van der Waals surface area contributed by atoms with Crippen LogP contribution in [0.1, 0.15) is 36.8 Å². The van der Waals surface area contributed by atoms with E-state index in [9.17, 15) is 4.79 Å². The summed E-state index contributed by atoms with van der Waals surface area (Å²) in [6, 6.07) is 8.13. The van der Waals surface area contributed by atoms with Gasteiger partial charge in [0, 0.05) is 19.2 Å². The average Bonchev–Trinajstić information content (AvgIpc) is 2.66. The lowest BCUT2D eigenvalue weighted by Crippen LogP contribution is -2.30. The Morgan fingerprint density at radius 3 is 2.44 bits per heavy atom. The molecule has 1 saturated heterocycles. The van der Waals surface area contributed by atoms with Gasteiger partial charge in [-0.05, 0) is 37.0 Å². The number of aryl methyl sites for hydroxylation is 1. The SMILES string of the molecule is Cc1ccccc1/C=C/C(=O)N1CCCCCC1. The van der Waals surface area contributed by atoms with Gasteiger partial charge in [0.05, 0.1) is 0 Å². The van der Waals surface area contributed by atoms with Crippen molar-refractivity contribution in [3.63, 3.8) is 0 Å². The van der Waals surface area contributed by atoms with Crippen LogP contribution in [0, 0.1) is 6.92 Å². The van der Waals surface area contributed by atoms with Crippen molar-refractivity contribution < 1.29 is 4.79 Å². The zero-order valence-electron chi connectivity index (χ0n) is 11.1. The van der Waals surface area contributed by atoms with Crippen molar-refractivity contribution in [2.45, 2.75) is 32.6 Å². The fraction of sp³-hybridized carbons (Fsp3) is 0.438. The van der Waals surface area contributed by atoms with E-state index >= 15 is 0 Å². The minimum atomic E-state index is 0.153. The number of nitrogens with zero attached hydrogens (tertiary/aromatic N) is 1. The summed E-state index contributed by atoms with van der Waals surface area (Å²) < 4.78 is 0. The highest BCUT2D eigenvalue weighted by atomic mass is 16.2. The number of hydrogen-bond acceptors (Lipinski definition) is 1. The molecule has 0 aliphatic carbocycles. The molecule has 0 aromatic heterocycles. The van der Waals surface area contributed by atoms with Crippen molar-refractivity contribution in [2.24, 2.45) is 0 Å². The van der Waals surface area contributed by atoms with Gasteiger partial charge < -0.3 is 4.90 Å². The summed E-state index contributed by atoms with van der Waals surface area (Å²) in [5, 5.41) is 0. The maximum Gasteiger partial charge on any atom is 0.246 e. The molecule has 1 aromatic rings. The Morgan fingerprint density at radius 1 is 1.11 bits per heavy atom. The molecular weight excluding hydrogens is 222 g/mol. The molecular formula is C16H21NO. The quantitative estimate of drug-likeness (QED) is 0.729. The third kappa shape index (κ3) is 3.46. The highest BCUT2D eigenvalue weighted by molar-refractivity contribution is 5.92. The summed E-state index contributed by atoms with van der Waals surface area (Å²) in [5.41, 5.74) is 2.33. The van der Waals surface area contributed by atoms with E-state index in [1.54, 1.807) is 6.08 Å². The van der Waals surface area contributed by atoms with Gasteiger partial charge in [-0.25, -0.2) is 0 Å². The fourth-order valence-electron chi connectivity index (χ4n) is 2.33. The summed E-state index contributed by atoms with van der Waals surface area (Å²) in [5.74, 6) is 0.153. The van der Waals surface area contributed by atoms with Gasteiger partial charge in [0.1, 0.15) is 0 Å². The Labute approximate surface area is 109 Å². The molecule has 1 fully saturated rings. The van der Waals surface area contributed by atoms with E-state index in [1.165, 1.54) is 18.4 Å². The lowest BCUT2D eigenvalue weighted by Gasteiger charge is -2.18. The molecule has 18 heavy (non-hydrogen) atoms. The third-order valence-corrected chi connectivity index (χ3v) is 3.51. The van der Waals surface area contributed by atoms with Crippen LogP contribution in [-0.2, 0) is 4.79 Å². The normalized spacial score (nSPS) is 16.8. The van der Waals surface area contributed by atoms with Crippen molar-refractivity contribution in [1.82, 2.24) is 4.90 Å². The summed E-state index contributed by atoms with van der Waals surface area (Å²) >= 11 is 0. The molecule has 2 heteroatoms. The monoisotopic (exact) mass is 243 g/mol. The Balaban J connectivity index is 2.00. The van der Waals surface area contributed by atoms with E-state index in [1.807, 2.05) is 29.2 Å². The first-order valence-electron chi connectivity index (χ1n) is 6.80. The summed E-state index contributed by atoms with van der Waals surface area (Å²) in [6.07, 6.45) is 8.45. The standard InChI is InChI=1S/C16H21NO/c1-14-8-4-5-9-15(14)10-11-16(18)17-12-6-2-3-7-13-17/h4-5,8-11H,2-3,6-7,12-13H2,1H3/b11-10+. The number of likely N-dealkylation sites (tertiary alicyclic amines) is 1. The number of carbonyl (C=O) groups excluding carboxylic acids is 1. The van der Waals surface area contributed by atoms with Crippen LogP contribution in [0.25, 0.3) is 6.08 Å². The molecule has 0 spiro atoms. The first-order valence-corrected chi connectivity index (χ1v) is 6.80. The predicted molar refractivity (Wildman–Crippen MR) is 75.3 cm³/mol. The molecule has 0 N–H and O–H groups in total. The number of rotatable bonds is 2. The van der Waals surface area contributed by atoms with Gasteiger partial charge in [-0.1, -0.05) is 37.1 Å². The minimum Gasteiger partial charge on any atom is -0.339 e. The molecule has 0 unspecified atom stereocenters. The van der Waals surface area contributed by atoms with Crippen LogP contribution in [0.15, 0.2) is 30.3 Å². The number of hydrogen-bond donors (Lipinski definition) is 0. The predicted octanol–water partition coefficient (Wildman–Crippen LogP) is 3.41. The van der Waals surface area contributed by atoms with Crippen LogP contribution in [0.2, 0.25) is 0 Å². The largest absolute Gasteiger partial charge is 0.339 e. The van der Waals surface area contributed by atoms with Crippen molar-refractivity contribution in [3.05, 3.63) is 41.5 Å². The second kappa shape index (κ2) is 6.39. The minimum absolute atomic E-state index is 0.153. The number of benzene rings is 1. The molecule has 0 atom stereocenters. The molecule has 0 bridgehead atoms. The van der Waals surface area contributed by atoms with Gasteiger partial charge in [-0.3, -0.25) is 4.79 Å². The van der Waals surface area contributed by atoms with Gasteiger partial charge in [0.2, 0.25) is 5.91 Å². The van der Waals surface area contributed by atoms with E-state index in [0.717, 1.165) is 31.5 Å². The summed E-state index contributed by atoms with van der Waals surface area (Å²) in [7, 11) is 0. The van der Waals surface area contributed by atoms with E-state index in [-0.39, 0.29) is 5.91 Å². The summed E-state index contributed by atoms with van der Waals surface area (Å²) in [4.78, 5) is 14.0. The van der Waals surface area contributed by atoms with Gasteiger partial charge in [0.15, 0.2) is 0 Å². The van der Waals surface area contributed by atoms with Gasteiger partial charge >= 0.3 is 0 Å². The van der Waals surface area contributed by atoms with Crippen LogP contribution in [0.3, 0.4) is 0 Å². The maximum atomic E-state index is 12.1. The molecule has 2 rings (SSSR count). The van der Waals surface area contributed by atoms with Crippen molar-refractivity contribution >= 4 is 12.0 Å². The third-order valence-electron chi connectivity index (χ3n) is 3.51. The first-order chi connectivity index (χ1) is 8.77. The first kappa shape index (κ1) is 12.9. The summed E-state index contributed by atoms with van der Waals surface area (Å²) in [6.45, 7) is 3.89. The van der Waals surface area contributed by atoms with Crippen molar-refractivity contribution in [3.8, 4) is 0 Å². The van der Waals surface area contributed by atoms with E-state index in [0.29, 0.717) is 0 Å². The molecule has 96 valence electrons. The molecule has 2 nitrogen and oxygen atoms in total. The van der Waals surface area contributed by atoms with Crippen LogP contribution < -0.4 is 0 Å². The zero-order valence-corrected chi connectivity index (χ0v) is 11.1. The lowest BCUT2D eigenvalue weighted by atomic mass is 10.1. The zero-order chi connectivity index (χ0) is 12.8. The topological polar surface area (TPSA) is 20.3 Å². The van der Waals surface area contributed by atoms with Gasteiger partial charge in [0.25, 0.3) is 0 Å².